The summed E-state index contributed by atoms with van der Waals surface area (Å²) in [5.74, 6) is 0.135. The lowest BCUT2D eigenvalue weighted by atomic mass is 10.1. The maximum atomic E-state index is 11.9. The van der Waals surface area contributed by atoms with E-state index < -0.39 is 5.97 Å². The molecule has 0 fully saturated rings. The summed E-state index contributed by atoms with van der Waals surface area (Å²) in [5, 5.41) is 10.6. The summed E-state index contributed by atoms with van der Waals surface area (Å²) < 4.78 is 4.98. The number of hydrogen-bond acceptors (Lipinski definition) is 5. The minimum absolute atomic E-state index is 0.281. The van der Waals surface area contributed by atoms with E-state index in [1.54, 1.807) is 13.8 Å². The average molecular weight is 347 g/mol. The van der Waals surface area contributed by atoms with Crippen molar-refractivity contribution < 1.29 is 9.53 Å². The first-order chi connectivity index (χ1) is 11.1. The van der Waals surface area contributed by atoms with Gasteiger partial charge in [-0.2, -0.15) is 5.26 Å². The number of pyridine rings is 1. The van der Waals surface area contributed by atoms with Gasteiger partial charge in [0.2, 0.25) is 0 Å². The Morgan fingerprint density at radius 2 is 2.17 bits per heavy atom. The maximum absolute atomic E-state index is 11.9. The molecule has 0 aliphatic carbocycles. The van der Waals surface area contributed by atoms with Crippen LogP contribution in [0.1, 0.15) is 34.1 Å². The Morgan fingerprint density at radius 1 is 1.43 bits per heavy atom. The third-order valence-corrected chi connectivity index (χ3v) is 4.52. The molecule has 0 bridgehead atoms. The van der Waals surface area contributed by atoms with Crippen molar-refractivity contribution in [1.82, 2.24) is 4.98 Å². The molecule has 118 valence electrons. The molecule has 0 aliphatic rings. The van der Waals surface area contributed by atoms with E-state index in [1.807, 2.05) is 24.3 Å². The number of nitrogens with zero attached hydrogens (tertiary/aromatic N) is 2. The number of aromatic nitrogens is 1. The zero-order valence-corrected chi connectivity index (χ0v) is 14.4. The number of esters is 1. The van der Waals surface area contributed by atoms with Crippen LogP contribution in [0, 0.1) is 18.3 Å². The zero-order valence-electron chi connectivity index (χ0n) is 12.8. The first kappa shape index (κ1) is 17.3. The Morgan fingerprint density at radius 3 is 2.83 bits per heavy atom. The highest BCUT2D eigenvalue weighted by Crippen LogP contribution is 2.28. The van der Waals surface area contributed by atoms with E-state index in [4.69, 9.17) is 16.3 Å². The van der Waals surface area contributed by atoms with Crippen molar-refractivity contribution in [2.24, 2.45) is 0 Å². The van der Waals surface area contributed by atoms with Crippen molar-refractivity contribution in [3.8, 4) is 6.07 Å². The molecular weight excluding hydrogens is 332 g/mol. The van der Waals surface area contributed by atoms with E-state index in [-0.39, 0.29) is 6.61 Å². The molecule has 6 heteroatoms. The fraction of sp³-hybridized carbons (Fsp3) is 0.235. The van der Waals surface area contributed by atoms with Gasteiger partial charge in [0.1, 0.15) is 11.1 Å². The van der Waals surface area contributed by atoms with Gasteiger partial charge in [0.25, 0.3) is 0 Å². The largest absolute Gasteiger partial charge is 0.462 e. The van der Waals surface area contributed by atoms with Crippen molar-refractivity contribution in [2.45, 2.75) is 24.6 Å². The number of ether oxygens (including phenoxy) is 1. The monoisotopic (exact) mass is 346 g/mol. The van der Waals surface area contributed by atoms with Crippen LogP contribution in [0.4, 0.5) is 0 Å². The van der Waals surface area contributed by atoms with Crippen molar-refractivity contribution in [1.29, 1.82) is 5.26 Å². The number of aryl methyl sites for hydroxylation is 1. The van der Waals surface area contributed by atoms with Gasteiger partial charge in [-0.25, -0.2) is 9.78 Å². The fourth-order valence-electron chi connectivity index (χ4n) is 1.95. The minimum atomic E-state index is -0.461. The minimum Gasteiger partial charge on any atom is -0.462 e. The first-order valence-corrected chi connectivity index (χ1v) is 8.38. The quantitative estimate of drug-likeness (QED) is 0.593. The predicted molar refractivity (Wildman–Crippen MR) is 90.7 cm³/mol. The third-order valence-electron chi connectivity index (χ3n) is 3.12. The molecular formula is C17H15ClN2O2S. The second kappa shape index (κ2) is 8.00. The lowest BCUT2D eigenvalue weighted by Crippen LogP contribution is -2.09. The number of nitriles is 1. The normalized spacial score (nSPS) is 10.2. The van der Waals surface area contributed by atoms with Gasteiger partial charge in [0, 0.05) is 10.8 Å². The van der Waals surface area contributed by atoms with Gasteiger partial charge < -0.3 is 4.74 Å². The van der Waals surface area contributed by atoms with E-state index in [9.17, 15) is 10.1 Å². The number of rotatable bonds is 5. The molecule has 23 heavy (non-hydrogen) atoms. The topological polar surface area (TPSA) is 63.0 Å². The van der Waals surface area contributed by atoms with Gasteiger partial charge in [-0.05, 0) is 31.5 Å². The van der Waals surface area contributed by atoms with E-state index in [0.29, 0.717) is 32.6 Å². The molecule has 1 aromatic carbocycles. The lowest BCUT2D eigenvalue weighted by molar-refractivity contribution is 0.0524. The van der Waals surface area contributed by atoms with E-state index in [0.717, 1.165) is 5.56 Å². The number of thioether (sulfide) groups is 1. The average Bonchev–Trinajstić information content (AvgIpc) is 2.54. The van der Waals surface area contributed by atoms with Gasteiger partial charge in [0.05, 0.1) is 23.4 Å². The number of carbonyl (C=O) groups excluding carboxylic acids is 1. The molecule has 2 rings (SSSR count). The molecule has 0 radical (unpaired) electrons. The van der Waals surface area contributed by atoms with Crippen molar-refractivity contribution in [2.75, 3.05) is 6.61 Å². The van der Waals surface area contributed by atoms with Crippen LogP contribution in [0.15, 0.2) is 35.4 Å². The summed E-state index contributed by atoms with van der Waals surface area (Å²) in [4.78, 5) is 16.3. The SMILES string of the molecule is CCOC(=O)c1cc(C#N)c(SCc2ccccc2Cl)nc1C. The van der Waals surface area contributed by atoms with Crippen molar-refractivity contribution >= 4 is 29.3 Å². The second-order valence-corrected chi connectivity index (χ2v) is 6.06. The highest BCUT2D eigenvalue weighted by Gasteiger charge is 2.16. The van der Waals surface area contributed by atoms with Gasteiger partial charge in [0.15, 0.2) is 0 Å². The fourth-order valence-corrected chi connectivity index (χ4v) is 3.24. The van der Waals surface area contributed by atoms with Crippen LogP contribution in [-0.2, 0) is 10.5 Å². The standard InChI is InChI=1S/C17H15ClN2O2S/c1-3-22-17(21)14-8-13(9-19)16(20-11(14)2)23-10-12-6-4-5-7-15(12)18/h4-8H,3,10H2,1-2H3. The molecule has 0 amide bonds. The van der Waals surface area contributed by atoms with Gasteiger partial charge in [-0.1, -0.05) is 29.8 Å². The van der Waals surface area contributed by atoms with Gasteiger partial charge >= 0.3 is 5.97 Å². The number of hydrogen-bond donors (Lipinski definition) is 0. The summed E-state index contributed by atoms with van der Waals surface area (Å²) >= 11 is 7.55. The zero-order chi connectivity index (χ0) is 16.8. The Balaban J connectivity index is 2.26. The smallest absolute Gasteiger partial charge is 0.340 e. The summed E-state index contributed by atoms with van der Waals surface area (Å²) in [5.41, 5.74) is 2.20. The van der Waals surface area contributed by atoms with Crippen LogP contribution in [-0.4, -0.2) is 17.6 Å². The number of carbonyl (C=O) groups is 1. The van der Waals surface area contributed by atoms with Crippen LogP contribution < -0.4 is 0 Å². The van der Waals surface area contributed by atoms with E-state index in [2.05, 4.69) is 11.1 Å². The lowest BCUT2D eigenvalue weighted by Gasteiger charge is -2.09. The molecule has 0 atom stereocenters. The number of benzene rings is 1. The van der Waals surface area contributed by atoms with Gasteiger partial charge in [-0.3, -0.25) is 0 Å². The molecule has 1 aromatic heterocycles. The molecule has 0 unspecified atom stereocenters. The second-order valence-electron chi connectivity index (χ2n) is 4.69. The Hall–Kier alpha value is -2.03. The highest BCUT2D eigenvalue weighted by molar-refractivity contribution is 7.98. The Kier molecular flexibility index (Phi) is 6.03. The maximum Gasteiger partial charge on any atom is 0.340 e. The summed E-state index contributed by atoms with van der Waals surface area (Å²) in [7, 11) is 0. The Labute approximate surface area is 144 Å². The van der Waals surface area contributed by atoms with Crippen molar-refractivity contribution in [3.63, 3.8) is 0 Å². The van der Waals surface area contributed by atoms with E-state index >= 15 is 0 Å². The predicted octanol–water partition coefficient (Wildman–Crippen LogP) is 4.38. The molecule has 0 saturated carbocycles. The molecule has 0 saturated heterocycles. The molecule has 0 aliphatic heterocycles. The molecule has 2 aromatic rings. The van der Waals surface area contributed by atoms with Crippen molar-refractivity contribution in [3.05, 3.63) is 57.7 Å². The molecule has 1 heterocycles. The molecule has 0 N–H and O–H groups in total. The van der Waals surface area contributed by atoms with Crippen LogP contribution in [0.25, 0.3) is 0 Å². The third kappa shape index (κ3) is 4.25. The number of halogens is 1. The molecule has 0 spiro atoms. The molecule has 4 nitrogen and oxygen atoms in total. The van der Waals surface area contributed by atoms with Crippen LogP contribution in [0.2, 0.25) is 5.02 Å². The summed E-state index contributed by atoms with van der Waals surface area (Å²) in [6.45, 7) is 3.75. The van der Waals surface area contributed by atoms with Crippen LogP contribution in [0.5, 0.6) is 0 Å². The van der Waals surface area contributed by atoms with E-state index in [1.165, 1.54) is 17.8 Å². The first-order valence-electron chi connectivity index (χ1n) is 7.01. The van der Waals surface area contributed by atoms with Gasteiger partial charge in [-0.15, -0.1) is 11.8 Å². The van der Waals surface area contributed by atoms with Crippen LogP contribution >= 0.6 is 23.4 Å². The summed E-state index contributed by atoms with van der Waals surface area (Å²) in [6.07, 6.45) is 0. The van der Waals surface area contributed by atoms with Crippen LogP contribution in [0.3, 0.4) is 0 Å². The Bertz CT molecular complexity index is 772. The summed E-state index contributed by atoms with van der Waals surface area (Å²) in [6, 6.07) is 11.2. The highest BCUT2D eigenvalue weighted by atomic mass is 35.5.